The summed E-state index contributed by atoms with van der Waals surface area (Å²) in [5.74, 6) is 0.191. The number of halogens is 3. The molecular weight excluding hydrogens is 635 g/mol. The summed E-state index contributed by atoms with van der Waals surface area (Å²) in [4.78, 5) is 12.5. The van der Waals surface area contributed by atoms with E-state index in [1.165, 1.54) is 3.57 Å². The highest BCUT2D eigenvalue weighted by Crippen LogP contribution is 2.36. The summed E-state index contributed by atoms with van der Waals surface area (Å²) in [7, 11) is 0. The maximum Gasteiger partial charge on any atom is 0.266 e. The minimum atomic E-state index is -0.461. The van der Waals surface area contributed by atoms with E-state index in [1.807, 2.05) is 61.5 Å². The van der Waals surface area contributed by atoms with E-state index >= 15 is 0 Å². The predicted octanol–water partition coefficient (Wildman–Crippen LogP) is 7.25. The van der Waals surface area contributed by atoms with Gasteiger partial charge in [0.1, 0.15) is 24.0 Å². The van der Waals surface area contributed by atoms with E-state index in [1.54, 1.807) is 18.2 Å². The first kappa shape index (κ1) is 23.5. The number of amides is 1. The minimum absolute atomic E-state index is 0.00642. The highest BCUT2D eigenvalue weighted by Gasteiger charge is 2.13. The van der Waals surface area contributed by atoms with Crippen LogP contribution in [-0.4, -0.2) is 5.91 Å². The number of nitrogens with zero attached hydrogens (tertiary/aromatic N) is 1. The van der Waals surface area contributed by atoms with Gasteiger partial charge in [-0.2, -0.15) is 5.26 Å². The van der Waals surface area contributed by atoms with Crippen molar-refractivity contribution < 1.29 is 9.53 Å². The first-order chi connectivity index (χ1) is 14.9. The molecule has 0 aliphatic heterocycles. The number of ether oxygens (including phenoxy) is 1. The van der Waals surface area contributed by atoms with Crippen molar-refractivity contribution in [3.05, 3.63) is 95.4 Å². The molecule has 3 rings (SSSR count). The van der Waals surface area contributed by atoms with Gasteiger partial charge in [0.25, 0.3) is 5.91 Å². The van der Waals surface area contributed by atoms with E-state index in [9.17, 15) is 10.1 Å². The predicted molar refractivity (Wildman–Crippen MR) is 139 cm³/mol. The molecule has 0 aliphatic rings. The largest absolute Gasteiger partial charge is 0.487 e. The molecule has 1 N–H and O–H groups in total. The van der Waals surface area contributed by atoms with Crippen LogP contribution in [0.25, 0.3) is 6.08 Å². The summed E-state index contributed by atoms with van der Waals surface area (Å²) in [6.07, 6.45) is 1.54. The molecule has 0 atom stereocenters. The number of aryl methyl sites for hydroxylation is 1. The zero-order valence-corrected chi connectivity index (χ0v) is 21.8. The van der Waals surface area contributed by atoms with Gasteiger partial charge in [0.2, 0.25) is 0 Å². The van der Waals surface area contributed by atoms with Crippen molar-refractivity contribution in [3.8, 4) is 11.8 Å². The third-order valence-electron chi connectivity index (χ3n) is 4.30. The summed E-state index contributed by atoms with van der Waals surface area (Å²) in [6.45, 7) is 2.39. The maximum absolute atomic E-state index is 12.5. The Labute approximate surface area is 211 Å². The highest BCUT2D eigenvalue weighted by molar-refractivity contribution is 14.1. The fourth-order valence-electron chi connectivity index (χ4n) is 2.69. The SMILES string of the molecule is Cc1ccc(NC(=O)/C(C#N)=C/c2cc(Br)c(OCc3ccc(I)cc3)c(Br)c2)cc1. The second kappa shape index (κ2) is 10.9. The molecule has 156 valence electrons. The molecular formula is C24H17Br2IN2O2. The summed E-state index contributed by atoms with van der Waals surface area (Å²) in [5.41, 5.74) is 3.48. The van der Waals surface area contributed by atoms with E-state index in [0.717, 1.165) is 20.1 Å². The zero-order valence-electron chi connectivity index (χ0n) is 16.5. The van der Waals surface area contributed by atoms with Crippen LogP contribution < -0.4 is 10.1 Å². The van der Waals surface area contributed by atoms with Crippen molar-refractivity contribution in [2.45, 2.75) is 13.5 Å². The number of hydrogen-bond donors (Lipinski definition) is 1. The Morgan fingerprint density at radius 3 is 2.29 bits per heavy atom. The van der Waals surface area contributed by atoms with Crippen LogP contribution >= 0.6 is 54.5 Å². The van der Waals surface area contributed by atoms with Crippen molar-refractivity contribution in [2.24, 2.45) is 0 Å². The Balaban J connectivity index is 1.76. The maximum atomic E-state index is 12.5. The highest BCUT2D eigenvalue weighted by atomic mass is 127. The lowest BCUT2D eigenvalue weighted by Crippen LogP contribution is -2.13. The number of nitriles is 1. The number of hydrogen-bond acceptors (Lipinski definition) is 3. The van der Waals surface area contributed by atoms with Crippen LogP contribution in [0.2, 0.25) is 0 Å². The first-order valence-corrected chi connectivity index (χ1v) is 11.9. The van der Waals surface area contributed by atoms with Gasteiger partial charge < -0.3 is 10.1 Å². The van der Waals surface area contributed by atoms with Crippen molar-refractivity contribution in [3.63, 3.8) is 0 Å². The molecule has 0 heterocycles. The Morgan fingerprint density at radius 2 is 1.71 bits per heavy atom. The smallest absolute Gasteiger partial charge is 0.266 e. The minimum Gasteiger partial charge on any atom is -0.487 e. The van der Waals surface area contributed by atoms with Gasteiger partial charge in [-0.15, -0.1) is 0 Å². The molecule has 0 fully saturated rings. The molecule has 0 bridgehead atoms. The van der Waals surface area contributed by atoms with E-state index in [4.69, 9.17) is 4.74 Å². The van der Waals surface area contributed by atoms with Crippen molar-refractivity contribution in [1.29, 1.82) is 5.26 Å². The van der Waals surface area contributed by atoms with Crippen LogP contribution in [0.4, 0.5) is 5.69 Å². The molecule has 0 radical (unpaired) electrons. The van der Waals surface area contributed by atoms with Gasteiger partial charge in [0.15, 0.2) is 0 Å². The summed E-state index contributed by atoms with van der Waals surface area (Å²) in [6, 6.07) is 21.1. The van der Waals surface area contributed by atoms with Crippen LogP contribution in [0.3, 0.4) is 0 Å². The molecule has 3 aromatic carbocycles. The molecule has 1 amide bonds. The molecule has 0 saturated heterocycles. The van der Waals surface area contributed by atoms with Crippen LogP contribution in [0.5, 0.6) is 5.75 Å². The second-order valence-corrected chi connectivity index (χ2v) is 9.67. The molecule has 3 aromatic rings. The number of carbonyl (C=O) groups is 1. The van der Waals surface area contributed by atoms with Crippen molar-refractivity contribution >= 4 is 72.1 Å². The van der Waals surface area contributed by atoms with Crippen LogP contribution in [0, 0.1) is 21.8 Å². The molecule has 31 heavy (non-hydrogen) atoms. The lowest BCUT2D eigenvalue weighted by Gasteiger charge is -2.12. The summed E-state index contributed by atoms with van der Waals surface area (Å²) >= 11 is 9.31. The average molecular weight is 652 g/mol. The molecule has 7 heteroatoms. The topological polar surface area (TPSA) is 62.1 Å². The first-order valence-electron chi connectivity index (χ1n) is 9.22. The fraction of sp³-hybridized carbons (Fsp3) is 0.0833. The van der Waals surface area contributed by atoms with Crippen molar-refractivity contribution in [2.75, 3.05) is 5.32 Å². The van der Waals surface area contributed by atoms with Crippen LogP contribution in [-0.2, 0) is 11.4 Å². The Morgan fingerprint density at radius 1 is 1.10 bits per heavy atom. The number of benzene rings is 3. The lowest BCUT2D eigenvalue weighted by atomic mass is 10.1. The number of rotatable bonds is 6. The second-order valence-electron chi connectivity index (χ2n) is 6.72. The third-order valence-corrected chi connectivity index (χ3v) is 6.20. The number of anilines is 1. The lowest BCUT2D eigenvalue weighted by molar-refractivity contribution is -0.112. The Kier molecular flexibility index (Phi) is 8.29. The van der Waals surface area contributed by atoms with Gasteiger partial charge in [0, 0.05) is 9.26 Å². The zero-order chi connectivity index (χ0) is 22.4. The van der Waals surface area contributed by atoms with Gasteiger partial charge in [-0.25, -0.2) is 0 Å². The molecule has 0 saturated carbocycles. The molecule has 4 nitrogen and oxygen atoms in total. The number of nitrogens with one attached hydrogen (secondary N) is 1. The van der Waals surface area contributed by atoms with Crippen molar-refractivity contribution in [1.82, 2.24) is 0 Å². The fourth-order valence-corrected chi connectivity index (χ4v) is 4.50. The Bertz CT molecular complexity index is 1140. The average Bonchev–Trinajstić information content (AvgIpc) is 2.74. The van der Waals surface area contributed by atoms with E-state index in [-0.39, 0.29) is 5.57 Å². The third kappa shape index (κ3) is 6.66. The normalized spacial score (nSPS) is 11.0. The van der Waals surface area contributed by atoms with E-state index < -0.39 is 5.91 Å². The van der Waals surface area contributed by atoms with Crippen LogP contribution in [0.1, 0.15) is 16.7 Å². The Hall–Kier alpha value is -2.15. The van der Waals surface area contributed by atoms with Gasteiger partial charge in [0.05, 0.1) is 8.95 Å². The molecule has 0 unspecified atom stereocenters. The quantitative estimate of drug-likeness (QED) is 0.174. The van der Waals surface area contributed by atoms with Gasteiger partial charge in [-0.05, 0) is 115 Å². The summed E-state index contributed by atoms with van der Waals surface area (Å²) < 4.78 is 8.56. The standard InChI is InChI=1S/C24H17Br2IN2O2/c1-15-2-8-20(9-3-15)29-24(30)18(13-28)10-17-11-21(25)23(22(26)12-17)31-14-16-4-6-19(27)7-5-16/h2-12H,14H2,1H3,(H,29,30)/b18-10+. The van der Waals surface area contributed by atoms with Gasteiger partial charge in [-0.3, -0.25) is 4.79 Å². The molecule has 0 aliphatic carbocycles. The van der Waals surface area contributed by atoms with Gasteiger partial charge >= 0.3 is 0 Å². The monoisotopic (exact) mass is 650 g/mol. The molecule has 0 spiro atoms. The van der Waals surface area contributed by atoms with Crippen LogP contribution in [0.15, 0.2) is 75.2 Å². The summed E-state index contributed by atoms with van der Waals surface area (Å²) in [5, 5.41) is 12.2. The van der Waals surface area contributed by atoms with Gasteiger partial charge in [-0.1, -0.05) is 29.8 Å². The number of carbonyl (C=O) groups excluding carboxylic acids is 1. The molecule has 0 aromatic heterocycles. The van der Waals surface area contributed by atoms with E-state index in [0.29, 0.717) is 23.6 Å². The van der Waals surface area contributed by atoms with E-state index in [2.05, 4.69) is 59.8 Å².